The molecule has 0 bridgehead atoms. The lowest BCUT2D eigenvalue weighted by Gasteiger charge is -2.16. The van der Waals surface area contributed by atoms with Crippen LogP contribution in [0.25, 0.3) is 0 Å². The molecule has 4 nitrogen and oxygen atoms in total. The van der Waals surface area contributed by atoms with Gasteiger partial charge in [0.05, 0.1) is 6.04 Å². The van der Waals surface area contributed by atoms with Crippen molar-refractivity contribution in [3.8, 4) is 5.75 Å². The SMILES string of the molecule is C[C@H](NC(=O)C(F)(F)F)c1ccc(C(=O)c2ccc(OC(F)(F)F)cc2SCc2ccccc2F)cc1. The van der Waals surface area contributed by atoms with Gasteiger partial charge in [-0.1, -0.05) is 42.5 Å². The second-order valence-corrected chi connectivity index (χ2v) is 8.75. The fourth-order valence-corrected chi connectivity index (χ4v) is 4.28. The standard InChI is InChI=1S/C25H18F7NO3S/c1-14(33-23(35)24(27,28)29)15-6-8-16(9-7-15)22(34)19-11-10-18(36-25(30,31)32)12-21(19)37-13-17-4-2-3-5-20(17)26/h2-12,14H,13H2,1H3,(H,33,35)/t14-/m0/s1. The van der Waals surface area contributed by atoms with Crippen molar-refractivity contribution in [2.45, 2.75) is 36.2 Å². The Hall–Kier alpha value is -3.54. The number of benzene rings is 3. The number of carbonyl (C=O) groups excluding carboxylic acids is 2. The summed E-state index contributed by atoms with van der Waals surface area (Å²) in [5.74, 6) is -3.78. The highest BCUT2D eigenvalue weighted by Crippen LogP contribution is 2.34. The summed E-state index contributed by atoms with van der Waals surface area (Å²) in [5, 5.41) is 1.80. The lowest BCUT2D eigenvalue weighted by molar-refractivity contribution is -0.274. The molecular weight excluding hydrogens is 527 g/mol. The molecule has 0 aliphatic carbocycles. The molecule has 196 valence electrons. The van der Waals surface area contributed by atoms with Crippen molar-refractivity contribution in [1.29, 1.82) is 0 Å². The predicted molar refractivity (Wildman–Crippen MR) is 122 cm³/mol. The number of ketones is 1. The fourth-order valence-electron chi connectivity index (χ4n) is 3.22. The third kappa shape index (κ3) is 7.72. The van der Waals surface area contributed by atoms with E-state index in [9.17, 15) is 40.3 Å². The van der Waals surface area contributed by atoms with Gasteiger partial charge in [0.1, 0.15) is 11.6 Å². The highest BCUT2D eigenvalue weighted by molar-refractivity contribution is 7.98. The van der Waals surface area contributed by atoms with Crippen LogP contribution >= 0.6 is 11.8 Å². The number of amides is 1. The summed E-state index contributed by atoms with van der Waals surface area (Å²) in [6.45, 7) is 1.33. The van der Waals surface area contributed by atoms with Gasteiger partial charge in [0.2, 0.25) is 0 Å². The molecule has 0 aliphatic rings. The molecule has 0 fully saturated rings. The highest BCUT2D eigenvalue weighted by atomic mass is 32.2. The maximum absolute atomic E-state index is 14.0. The van der Waals surface area contributed by atoms with Crippen molar-refractivity contribution >= 4 is 23.5 Å². The van der Waals surface area contributed by atoms with Crippen molar-refractivity contribution in [3.63, 3.8) is 0 Å². The molecule has 0 radical (unpaired) electrons. The van der Waals surface area contributed by atoms with E-state index in [0.717, 1.165) is 30.0 Å². The maximum atomic E-state index is 14.0. The zero-order valence-electron chi connectivity index (χ0n) is 18.9. The molecule has 0 aliphatic heterocycles. The van der Waals surface area contributed by atoms with Gasteiger partial charge in [-0.3, -0.25) is 9.59 Å². The summed E-state index contributed by atoms with van der Waals surface area (Å²) in [5.41, 5.74) is 0.668. The lowest BCUT2D eigenvalue weighted by Crippen LogP contribution is -2.38. The summed E-state index contributed by atoms with van der Waals surface area (Å²) in [7, 11) is 0. The molecular formula is C25H18F7NO3S. The molecule has 0 saturated heterocycles. The molecule has 3 aromatic carbocycles. The van der Waals surface area contributed by atoms with E-state index in [1.54, 1.807) is 11.4 Å². The number of nitrogens with one attached hydrogen (secondary N) is 1. The van der Waals surface area contributed by atoms with Gasteiger partial charge in [-0.2, -0.15) is 13.2 Å². The molecule has 1 amide bonds. The highest BCUT2D eigenvalue weighted by Gasteiger charge is 2.39. The number of thioether (sulfide) groups is 1. The maximum Gasteiger partial charge on any atom is 0.573 e. The van der Waals surface area contributed by atoms with Crippen LogP contribution in [-0.4, -0.2) is 24.2 Å². The minimum absolute atomic E-state index is 0.0117. The number of halogens is 7. The largest absolute Gasteiger partial charge is 0.573 e. The molecule has 0 unspecified atom stereocenters. The Bertz CT molecular complexity index is 1270. The van der Waals surface area contributed by atoms with E-state index in [1.165, 1.54) is 49.4 Å². The summed E-state index contributed by atoms with van der Waals surface area (Å²) in [4.78, 5) is 24.4. The first-order valence-electron chi connectivity index (χ1n) is 10.5. The van der Waals surface area contributed by atoms with E-state index in [2.05, 4.69) is 4.74 Å². The summed E-state index contributed by atoms with van der Waals surface area (Å²) in [6.07, 6.45) is -10.0. The van der Waals surface area contributed by atoms with Gasteiger partial charge in [-0.15, -0.1) is 24.9 Å². The Kier molecular flexibility index (Phi) is 8.52. The second-order valence-electron chi connectivity index (χ2n) is 7.73. The number of ether oxygens (including phenoxy) is 1. The van der Waals surface area contributed by atoms with Gasteiger partial charge in [-0.05, 0) is 42.3 Å². The zero-order chi connectivity index (χ0) is 27.4. The zero-order valence-corrected chi connectivity index (χ0v) is 19.7. The second kappa shape index (κ2) is 11.2. The topological polar surface area (TPSA) is 55.4 Å². The Morgan fingerprint density at radius 1 is 0.946 bits per heavy atom. The molecule has 0 aromatic heterocycles. The Labute approximate surface area is 210 Å². The van der Waals surface area contributed by atoms with Crippen LogP contribution in [0.5, 0.6) is 5.75 Å². The number of rotatable bonds is 8. The van der Waals surface area contributed by atoms with Gasteiger partial charge in [0, 0.05) is 21.8 Å². The fraction of sp³-hybridized carbons (Fsp3) is 0.200. The lowest BCUT2D eigenvalue weighted by atomic mass is 10.00. The average molecular weight is 545 g/mol. The number of hydrogen-bond acceptors (Lipinski definition) is 4. The third-order valence-electron chi connectivity index (χ3n) is 5.05. The van der Waals surface area contributed by atoms with Crippen LogP contribution in [0, 0.1) is 5.82 Å². The quantitative estimate of drug-likeness (QED) is 0.188. The summed E-state index contributed by atoms with van der Waals surface area (Å²) < 4.78 is 93.6. The van der Waals surface area contributed by atoms with E-state index in [1.807, 2.05) is 0 Å². The number of carbonyl (C=O) groups is 2. The first-order valence-corrected chi connectivity index (χ1v) is 11.5. The molecule has 12 heteroatoms. The molecule has 0 saturated carbocycles. The minimum atomic E-state index is -5.05. The number of alkyl halides is 6. The molecule has 0 heterocycles. The van der Waals surface area contributed by atoms with Crippen LogP contribution in [0.15, 0.2) is 71.6 Å². The van der Waals surface area contributed by atoms with Crippen LogP contribution in [0.3, 0.4) is 0 Å². The normalized spacial score (nSPS) is 12.6. The van der Waals surface area contributed by atoms with Crippen LogP contribution < -0.4 is 10.1 Å². The van der Waals surface area contributed by atoms with Crippen molar-refractivity contribution in [2.75, 3.05) is 0 Å². The van der Waals surface area contributed by atoms with Crippen LogP contribution in [-0.2, 0) is 10.5 Å². The first kappa shape index (κ1) is 28.0. The van der Waals surface area contributed by atoms with E-state index in [-0.39, 0.29) is 32.9 Å². The third-order valence-corrected chi connectivity index (χ3v) is 6.15. The Morgan fingerprint density at radius 2 is 1.59 bits per heavy atom. The van der Waals surface area contributed by atoms with Crippen LogP contribution in [0.1, 0.15) is 40.0 Å². The monoisotopic (exact) mass is 545 g/mol. The van der Waals surface area contributed by atoms with Crippen molar-refractivity contribution < 1.29 is 45.1 Å². The van der Waals surface area contributed by atoms with Crippen molar-refractivity contribution in [1.82, 2.24) is 5.32 Å². The summed E-state index contributed by atoms with van der Waals surface area (Å²) in [6, 6.07) is 13.3. The van der Waals surface area contributed by atoms with Gasteiger partial charge >= 0.3 is 18.4 Å². The molecule has 1 N–H and O–H groups in total. The Balaban J connectivity index is 1.86. The van der Waals surface area contributed by atoms with E-state index < -0.39 is 41.8 Å². The van der Waals surface area contributed by atoms with Gasteiger partial charge in [-0.25, -0.2) is 4.39 Å². The predicted octanol–water partition coefficient (Wildman–Crippen LogP) is 6.99. The minimum Gasteiger partial charge on any atom is -0.406 e. The van der Waals surface area contributed by atoms with Crippen LogP contribution in [0.2, 0.25) is 0 Å². The molecule has 37 heavy (non-hydrogen) atoms. The number of hydrogen-bond donors (Lipinski definition) is 1. The van der Waals surface area contributed by atoms with Crippen molar-refractivity contribution in [3.05, 3.63) is 94.8 Å². The van der Waals surface area contributed by atoms with E-state index in [0.29, 0.717) is 0 Å². The van der Waals surface area contributed by atoms with Gasteiger partial charge in [0.25, 0.3) is 0 Å². The molecule has 1 atom stereocenters. The summed E-state index contributed by atoms with van der Waals surface area (Å²) >= 11 is 0.932. The van der Waals surface area contributed by atoms with Crippen LogP contribution in [0.4, 0.5) is 30.7 Å². The molecule has 3 rings (SSSR count). The van der Waals surface area contributed by atoms with Gasteiger partial charge < -0.3 is 10.1 Å². The van der Waals surface area contributed by atoms with E-state index >= 15 is 0 Å². The average Bonchev–Trinajstić information content (AvgIpc) is 2.81. The molecule has 0 spiro atoms. The van der Waals surface area contributed by atoms with Gasteiger partial charge in [0.15, 0.2) is 5.78 Å². The van der Waals surface area contributed by atoms with E-state index in [4.69, 9.17) is 0 Å². The first-order chi connectivity index (χ1) is 17.2. The molecule has 3 aromatic rings. The smallest absolute Gasteiger partial charge is 0.406 e. The Morgan fingerprint density at radius 3 is 2.19 bits per heavy atom. The van der Waals surface area contributed by atoms with Crippen molar-refractivity contribution in [2.24, 2.45) is 0 Å².